The van der Waals surface area contributed by atoms with Crippen molar-refractivity contribution in [2.45, 2.75) is 38.8 Å². The highest BCUT2D eigenvalue weighted by atomic mass is 16.5. The van der Waals surface area contributed by atoms with E-state index in [0.717, 1.165) is 29.6 Å². The highest BCUT2D eigenvalue weighted by molar-refractivity contribution is 5.94. The second-order valence-corrected chi connectivity index (χ2v) is 7.46. The van der Waals surface area contributed by atoms with Gasteiger partial charge in [-0.2, -0.15) is 0 Å². The van der Waals surface area contributed by atoms with Gasteiger partial charge < -0.3 is 19.8 Å². The van der Waals surface area contributed by atoms with Gasteiger partial charge in [-0.1, -0.05) is 0 Å². The van der Waals surface area contributed by atoms with Crippen LogP contribution in [0.2, 0.25) is 0 Å². The van der Waals surface area contributed by atoms with Crippen molar-refractivity contribution in [3.63, 3.8) is 0 Å². The molecule has 7 heteroatoms. The number of carbonyl (C=O) groups is 1. The summed E-state index contributed by atoms with van der Waals surface area (Å²) < 4.78 is 10.9. The van der Waals surface area contributed by atoms with Crippen molar-refractivity contribution in [1.82, 2.24) is 10.2 Å². The molecular weight excluding hydrogens is 346 g/mol. The predicted molar refractivity (Wildman–Crippen MR) is 103 cm³/mol. The fourth-order valence-corrected chi connectivity index (χ4v) is 4.04. The number of hydrogen-bond donors (Lipinski definition) is 2. The number of nitrogens with zero attached hydrogens (tertiary/aromatic N) is 1. The largest absolute Gasteiger partial charge is 0.423 e. The topological polar surface area (TPSA) is 83.8 Å². The van der Waals surface area contributed by atoms with Crippen LogP contribution in [0.5, 0.6) is 0 Å². The number of nitrogens with one attached hydrogen (secondary N) is 2. The van der Waals surface area contributed by atoms with Gasteiger partial charge in [-0.25, -0.2) is 9.59 Å². The zero-order valence-corrected chi connectivity index (χ0v) is 15.7. The quantitative estimate of drug-likeness (QED) is 0.810. The summed E-state index contributed by atoms with van der Waals surface area (Å²) in [6.07, 6.45) is 2.42. The number of benzene rings is 1. The number of carbonyl (C=O) groups excluding carboxylic acids is 1. The number of ether oxygens (including phenoxy) is 1. The lowest BCUT2D eigenvalue weighted by atomic mass is 10.1. The van der Waals surface area contributed by atoms with Gasteiger partial charge >= 0.3 is 11.7 Å². The average molecular weight is 371 g/mol. The van der Waals surface area contributed by atoms with Crippen molar-refractivity contribution >= 4 is 22.7 Å². The number of fused-ring (bicyclic) bond motifs is 1. The minimum absolute atomic E-state index is 0.0105. The second-order valence-electron chi connectivity index (χ2n) is 7.46. The van der Waals surface area contributed by atoms with E-state index in [9.17, 15) is 9.59 Å². The molecule has 1 aromatic heterocycles. The third kappa shape index (κ3) is 3.70. The molecule has 2 N–H and O–H groups in total. The van der Waals surface area contributed by atoms with E-state index in [4.69, 9.17) is 9.15 Å². The molecule has 1 aromatic carbocycles. The van der Waals surface area contributed by atoms with Crippen LogP contribution >= 0.6 is 0 Å². The van der Waals surface area contributed by atoms with Crippen molar-refractivity contribution in [1.29, 1.82) is 0 Å². The van der Waals surface area contributed by atoms with Gasteiger partial charge in [0.05, 0.1) is 25.3 Å². The van der Waals surface area contributed by atoms with E-state index in [2.05, 4.69) is 15.5 Å². The number of amides is 2. The zero-order valence-electron chi connectivity index (χ0n) is 15.7. The number of anilines is 1. The SMILES string of the molecule is Cc1cc2oc(=O)cc(C)c2cc1NC(=O)N[C@H]1COC[C@@H]1N1CCCC1. The Kier molecular flexibility index (Phi) is 4.88. The Balaban J connectivity index is 1.49. The molecule has 2 aliphatic heterocycles. The lowest BCUT2D eigenvalue weighted by Gasteiger charge is -2.28. The third-order valence-electron chi connectivity index (χ3n) is 5.52. The van der Waals surface area contributed by atoms with E-state index in [1.807, 2.05) is 19.9 Å². The summed E-state index contributed by atoms with van der Waals surface area (Å²) >= 11 is 0. The van der Waals surface area contributed by atoms with Crippen LogP contribution in [0.1, 0.15) is 24.0 Å². The van der Waals surface area contributed by atoms with Gasteiger partial charge in [-0.15, -0.1) is 0 Å². The summed E-state index contributed by atoms with van der Waals surface area (Å²) in [5.41, 5.74) is 2.52. The molecule has 2 fully saturated rings. The van der Waals surface area contributed by atoms with E-state index in [1.165, 1.54) is 18.9 Å². The molecule has 2 amide bonds. The standard InChI is InChI=1S/C20H25N3O4/c1-12-8-19(24)27-18-7-13(2)15(9-14(12)18)21-20(25)22-16-10-26-11-17(16)23-5-3-4-6-23/h7-9,16-17H,3-6,10-11H2,1-2H3,(H2,21,22,25)/t16-,17-/m0/s1. The Morgan fingerprint density at radius 2 is 1.89 bits per heavy atom. The molecule has 27 heavy (non-hydrogen) atoms. The van der Waals surface area contributed by atoms with Gasteiger partial charge in [-0.3, -0.25) is 4.90 Å². The van der Waals surface area contributed by atoms with Crippen molar-refractivity contribution < 1.29 is 13.9 Å². The number of aryl methyl sites for hydroxylation is 2. The third-order valence-corrected chi connectivity index (χ3v) is 5.52. The van der Waals surface area contributed by atoms with Gasteiger partial charge in [0.25, 0.3) is 0 Å². The summed E-state index contributed by atoms with van der Waals surface area (Å²) in [6.45, 7) is 7.08. The molecule has 2 aromatic rings. The monoisotopic (exact) mass is 371 g/mol. The first kappa shape index (κ1) is 18.0. The molecular formula is C20H25N3O4. The van der Waals surface area contributed by atoms with Gasteiger partial charge in [0.15, 0.2) is 0 Å². The maximum atomic E-state index is 12.6. The van der Waals surface area contributed by atoms with E-state index in [1.54, 1.807) is 6.07 Å². The molecule has 0 bridgehead atoms. The maximum absolute atomic E-state index is 12.6. The van der Waals surface area contributed by atoms with Crippen molar-refractivity contribution in [3.05, 3.63) is 39.7 Å². The smallest absolute Gasteiger partial charge is 0.336 e. The normalized spacial score (nSPS) is 23.0. The Bertz CT molecular complexity index is 917. The average Bonchev–Trinajstić information content (AvgIpc) is 3.27. The van der Waals surface area contributed by atoms with Crippen LogP contribution in [0.3, 0.4) is 0 Å². The predicted octanol–water partition coefficient (Wildman–Crippen LogP) is 2.39. The summed E-state index contributed by atoms with van der Waals surface area (Å²) in [6, 6.07) is 5.08. The molecule has 0 spiro atoms. The summed E-state index contributed by atoms with van der Waals surface area (Å²) in [7, 11) is 0. The molecule has 0 radical (unpaired) electrons. The van der Waals surface area contributed by atoms with Crippen molar-refractivity contribution in [2.75, 3.05) is 31.6 Å². The molecule has 144 valence electrons. The molecule has 3 heterocycles. The Morgan fingerprint density at radius 1 is 1.11 bits per heavy atom. The summed E-state index contributed by atoms with van der Waals surface area (Å²) in [5.74, 6) is 0. The minimum atomic E-state index is -0.368. The molecule has 4 rings (SSSR count). The second kappa shape index (κ2) is 7.32. The van der Waals surface area contributed by atoms with Crippen LogP contribution < -0.4 is 16.3 Å². The zero-order chi connectivity index (χ0) is 19.0. The van der Waals surface area contributed by atoms with Crippen LogP contribution in [0.25, 0.3) is 11.0 Å². The molecule has 2 atom stereocenters. The molecule has 0 unspecified atom stereocenters. The Hall–Kier alpha value is -2.38. The van der Waals surface area contributed by atoms with Crippen LogP contribution in [0, 0.1) is 13.8 Å². The molecule has 2 saturated heterocycles. The van der Waals surface area contributed by atoms with Gasteiger partial charge in [0.2, 0.25) is 0 Å². The van der Waals surface area contributed by atoms with Gasteiger partial charge in [0.1, 0.15) is 5.58 Å². The maximum Gasteiger partial charge on any atom is 0.336 e. The summed E-state index contributed by atoms with van der Waals surface area (Å²) in [5, 5.41) is 6.82. The molecule has 0 saturated carbocycles. The lowest BCUT2D eigenvalue weighted by molar-refractivity contribution is 0.159. The number of likely N-dealkylation sites (tertiary alicyclic amines) is 1. The first-order valence-electron chi connectivity index (χ1n) is 9.46. The van der Waals surface area contributed by atoms with E-state index in [0.29, 0.717) is 24.5 Å². The van der Waals surface area contributed by atoms with Gasteiger partial charge in [-0.05, 0) is 63.0 Å². The van der Waals surface area contributed by atoms with Gasteiger partial charge in [0, 0.05) is 17.1 Å². The van der Waals surface area contributed by atoms with Crippen molar-refractivity contribution in [2.24, 2.45) is 0 Å². The highest BCUT2D eigenvalue weighted by Gasteiger charge is 2.35. The Labute approximate surface area is 157 Å². The summed E-state index contributed by atoms with van der Waals surface area (Å²) in [4.78, 5) is 26.5. The first-order chi connectivity index (χ1) is 13.0. The van der Waals surface area contributed by atoms with Crippen LogP contribution in [-0.4, -0.2) is 49.3 Å². The van der Waals surface area contributed by atoms with Crippen LogP contribution in [0.15, 0.2) is 27.4 Å². The molecule has 0 aliphatic carbocycles. The van der Waals surface area contributed by atoms with E-state index >= 15 is 0 Å². The molecule has 2 aliphatic rings. The fourth-order valence-electron chi connectivity index (χ4n) is 4.04. The van der Waals surface area contributed by atoms with E-state index in [-0.39, 0.29) is 23.7 Å². The fraction of sp³-hybridized carbons (Fsp3) is 0.500. The highest BCUT2D eigenvalue weighted by Crippen LogP contribution is 2.25. The van der Waals surface area contributed by atoms with Crippen molar-refractivity contribution in [3.8, 4) is 0 Å². The van der Waals surface area contributed by atoms with E-state index < -0.39 is 0 Å². The number of hydrogen-bond acceptors (Lipinski definition) is 5. The molecule has 7 nitrogen and oxygen atoms in total. The van der Waals surface area contributed by atoms with Crippen LogP contribution in [-0.2, 0) is 4.74 Å². The number of urea groups is 1. The first-order valence-corrected chi connectivity index (χ1v) is 9.46. The Morgan fingerprint density at radius 3 is 2.67 bits per heavy atom. The van der Waals surface area contributed by atoms with Crippen LogP contribution in [0.4, 0.5) is 10.5 Å². The minimum Gasteiger partial charge on any atom is -0.423 e. The lowest BCUT2D eigenvalue weighted by Crippen LogP contribution is -2.51. The number of rotatable bonds is 3.